The highest BCUT2D eigenvalue weighted by Gasteiger charge is 2.21. The number of hydrogen-bond donors (Lipinski definition) is 3. The van der Waals surface area contributed by atoms with Crippen molar-refractivity contribution in [2.24, 2.45) is 0 Å². The van der Waals surface area contributed by atoms with Gasteiger partial charge in [-0.3, -0.25) is 14.9 Å². The van der Waals surface area contributed by atoms with Gasteiger partial charge in [0.05, 0.1) is 6.54 Å². The number of imide groups is 1. The molecule has 0 aliphatic heterocycles. The molecule has 3 amide bonds. The number of carbonyl (C=O) groups excluding carboxylic acids is 3. The van der Waals surface area contributed by atoms with Crippen LogP contribution in [-0.4, -0.2) is 30.1 Å². The minimum Gasteiger partial charge on any atom is -0.457 e. The summed E-state index contributed by atoms with van der Waals surface area (Å²) in [5, 5.41) is 8.48. The van der Waals surface area contributed by atoms with Gasteiger partial charge in [0, 0.05) is 40.9 Å². The van der Waals surface area contributed by atoms with E-state index in [1.165, 1.54) is 6.07 Å². The molecule has 0 aromatic heterocycles. The van der Waals surface area contributed by atoms with Crippen LogP contribution in [0.15, 0.2) is 115 Å². The first-order valence-electron chi connectivity index (χ1n) is 16.0. The first-order valence-corrected chi connectivity index (χ1v) is 16.3. The maximum atomic E-state index is 14.0. The lowest BCUT2D eigenvalue weighted by atomic mass is 9.93. The number of halogens is 2. The molecule has 8 nitrogen and oxygen atoms in total. The van der Waals surface area contributed by atoms with E-state index in [9.17, 15) is 18.8 Å². The van der Waals surface area contributed by atoms with Gasteiger partial charge < -0.3 is 20.1 Å². The first kappa shape index (κ1) is 35.8. The molecule has 0 atom stereocenters. The van der Waals surface area contributed by atoms with Crippen LogP contribution in [0, 0.1) is 5.82 Å². The molecule has 0 aliphatic carbocycles. The molecule has 0 saturated heterocycles. The van der Waals surface area contributed by atoms with Crippen molar-refractivity contribution in [3.8, 4) is 33.8 Å². The fraction of sp³-hybridized carbons (Fsp3) is 0.175. The Balaban J connectivity index is 1.41. The summed E-state index contributed by atoms with van der Waals surface area (Å²) in [6.45, 7) is 5.50. The second-order valence-corrected chi connectivity index (χ2v) is 12.9. The Hall–Kier alpha value is -5.51. The smallest absolute Gasteiger partial charge is 0.407 e. The third-order valence-corrected chi connectivity index (χ3v) is 7.61. The lowest BCUT2D eigenvalue weighted by Crippen LogP contribution is -2.37. The van der Waals surface area contributed by atoms with E-state index in [0.717, 1.165) is 16.7 Å². The molecular formula is C40H37ClFN3O5. The summed E-state index contributed by atoms with van der Waals surface area (Å²) >= 11 is 6.44. The van der Waals surface area contributed by atoms with Crippen molar-refractivity contribution < 1.29 is 28.2 Å². The zero-order chi connectivity index (χ0) is 35.7. The number of carbonyl (C=O) groups is 3. The van der Waals surface area contributed by atoms with Crippen LogP contribution < -0.4 is 20.7 Å². The molecule has 0 aliphatic rings. The van der Waals surface area contributed by atoms with Crippen LogP contribution in [0.2, 0.25) is 5.02 Å². The summed E-state index contributed by atoms with van der Waals surface area (Å²) in [7, 11) is 0. The van der Waals surface area contributed by atoms with E-state index >= 15 is 0 Å². The fourth-order valence-corrected chi connectivity index (χ4v) is 5.27. The zero-order valence-corrected chi connectivity index (χ0v) is 28.6. The van der Waals surface area contributed by atoms with E-state index in [2.05, 4.69) is 16.0 Å². The first-order chi connectivity index (χ1) is 23.9. The predicted octanol–water partition coefficient (Wildman–Crippen LogP) is 8.68. The van der Waals surface area contributed by atoms with E-state index in [0.29, 0.717) is 33.2 Å². The van der Waals surface area contributed by atoms with Gasteiger partial charge in [-0.25, -0.2) is 9.18 Å². The van der Waals surface area contributed by atoms with E-state index in [1.807, 2.05) is 48.5 Å². The van der Waals surface area contributed by atoms with Crippen molar-refractivity contribution in [1.29, 1.82) is 0 Å². The lowest BCUT2D eigenvalue weighted by molar-refractivity contribution is -0.119. The molecule has 50 heavy (non-hydrogen) atoms. The summed E-state index contributed by atoms with van der Waals surface area (Å²) in [4.78, 5) is 38.7. The molecule has 0 spiro atoms. The van der Waals surface area contributed by atoms with Crippen LogP contribution in [0.4, 0.5) is 9.18 Å². The van der Waals surface area contributed by atoms with Crippen LogP contribution >= 0.6 is 11.6 Å². The summed E-state index contributed by atoms with van der Waals surface area (Å²) in [6.07, 6.45) is -0.538. The third kappa shape index (κ3) is 10.0. The number of benzene rings is 5. The third-order valence-electron chi connectivity index (χ3n) is 7.38. The van der Waals surface area contributed by atoms with Gasteiger partial charge in [0.2, 0.25) is 5.91 Å². The maximum Gasteiger partial charge on any atom is 0.407 e. The molecule has 5 aromatic rings. The summed E-state index contributed by atoms with van der Waals surface area (Å²) in [6, 6.07) is 33.6. The number of alkyl carbamates (subject to hydrolysis) is 1. The van der Waals surface area contributed by atoms with Gasteiger partial charge in [-0.15, -0.1) is 0 Å². The average molecular weight is 694 g/mol. The SMILES string of the molecule is CC(C)(C)OC(=O)NCc1cccc(Oc2cc(Cl)ccc2-c2cc(-c3ccccc3)ccc2C(=O)NC(=O)CNCc2ccccc2F)c1. The molecule has 3 N–H and O–H groups in total. The quantitative estimate of drug-likeness (QED) is 0.128. The number of hydrogen-bond acceptors (Lipinski definition) is 6. The van der Waals surface area contributed by atoms with Crippen LogP contribution in [0.1, 0.15) is 42.3 Å². The number of nitrogens with one attached hydrogen (secondary N) is 3. The Kier molecular flexibility index (Phi) is 11.6. The van der Waals surface area contributed by atoms with Gasteiger partial charge >= 0.3 is 6.09 Å². The number of rotatable bonds is 11. The van der Waals surface area contributed by atoms with E-state index in [-0.39, 0.29) is 31.0 Å². The zero-order valence-electron chi connectivity index (χ0n) is 27.9. The molecule has 256 valence electrons. The largest absolute Gasteiger partial charge is 0.457 e. The molecule has 0 bridgehead atoms. The second kappa shape index (κ2) is 16.3. The highest BCUT2D eigenvalue weighted by atomic mass is 35.5. The molecule has 0 unspecified atom stereocenters. The lowest BCUT2D eigenvalue weighted by Gasteiger charge is -2.20. The highest BCUT2D eigenvalue weighted by molar-refractivity contribution is 6.30. The summed E-state index contributed by atoms with van der Waals surface area (Å²) in [5.74, 6) is -0.739. The average Bonchev–Trinajstić information content (AvgIpc) is 3.08. The minimum absolute atomic E-state index is 0.120. The van der Waals surface area contributed by atoms with Crippen LogP contribution in [0.3, 0.4) is 0 Å². The molecule has 5 rings (SSSR count). The Labute approximate surface area is 295 Å². The molecule has 0 heterocycles. The van der Waals surface area contributed by atoms with Gasteiger partial charge in [0.1, 0.15) is 22.9 Å². The standard InChI is InChI=1S/C40H37ClFN3O5/c1-40(2,3)50-39(48)44-23-26-10-9-14-31(20-26)49-36-22-30(41)17-19-32(36)34-21-28(27-11-5-4-6-12-27)16-18-33(34)38(47)45-37(46)25-43-24-29-13-7-8-15-35(29)42/h4-22,43H,23-25H2,1-3H3,(H,44,48)(H,45,46,47). The molecule has 10 heteroatoms. The van der Waals surface area contributed by atoms with Crippen molar-refractivity contribution in [2.45, 2.75) is 39.5 Å². The van der Waals surface area contributed by atoms with E-state index < -0.39 is 23.5 Å². The van der Waals surface area contributed by atoms with Crippen molar-refractivity contribution in [1.82, 2.24) is 16.0 Å². The van der Waals surface area contributed by atoms with Crippen molar-refractivity contribution in [2.75, 3.05) is 6.54 Å². The van der Waals surface area contributed by atoms with Gasteiger partial charge in [-0.1, -0.05) is 78.3 Å². The molecular weight excluding hydrogens is 657 g/mol. The molecule has 5 aromatic carbocycles. The van der Waals surface area contributed by atoms with Crippen LogP contribution in [0.5, 0.6) is 11.5 Å². The predicted molar refractivity (Wildman–Crippen MR) is 192 cm³/mol. The van der Waals surface area contributed by atoms with E-state index in [1.54, 1.807) is 81.4 Å². The van der Waals surface area contributed by atoms with Crippen molar-refractivity contribution >= 4 is 29.5 Å². The second-order valence-electron chi connectivity index (χ2n) is 12.4. The number of ether oxygens (including phenoxy) is 2. The topological polar surface area (TPSA) is 106 Å². The Morgan fingerprint density at radius 1 is 0.760 bits per heavy atom. The molecule has 0 fully saturated rings. The molecule has 0 radical (unpaired) electrons. The van der Waals surface area contributed by atoms with Gasteiger partial charge in [0.15, 0.2) is 0 Å². The van der Waals surface area contributed by atoms with Crippen molar-refractivity contribution in [3.63, 3.8) is 0 Å². The maximum absolute atomic E-state index is 14.0. The van der Waals surface area contributed by atoms with E-state index in [4.69, 9.17) is 21.1 Å². The fourth-order valence-electron chi connectivity index (χ4n) is 5.10. The Morgan fingerprint density at radius 3 is 2.28 bits per heavy atom. The van der Waals surface area contributed by atoms with Gasteiger partial charge in [-0.05, 0) is 85.5 Å². The normalized spacial score (nSPS) is 11.1. The molecule has 0 saturated carbocycles. The van der Waals surface area contributed by atoms with Crippen LogP contribution in [-0.2, 0) is 22.6 Å². The van der Waals surface area contributed by atoms with Crippen molar-refractivity contribution in [3.05, 3.63) is 143 Å². The van der Waals surface area contributed by atoms with Gasteiger partial charge in [0.25, 0.3) is 5.91 Å². The minimum atomic E-state index is -0.626. The Bertz CT molecular complexity index is 2000. The summed E-state index contributed by atoms with van der Waals surface area (Å²) in [5.41, 5.74) is 3.61. The van der Waals surface area contributed by atoms with Gasteiger partial charge in [-0.2, -0.15) is 0 Å². The number of amides is 3. The monoisotopic (exact) mass is 693 g/mol. The highest BCUT2D eigenvalue weighted by Crippen LogP contribution is 2.39. The summed E-state index contributed by atoms with van der Waals surface area (Å²) < 4.78 is 25.7. The Morgan fingerprint density at radius 2 is 1.52 bits per heavy atom. The van der Waals surface area contributed by atoms with Crippen LogP contribution in [0.25, 0.3) is 22.3 Å².